The highest BCUT2D eigenvalue weighted by Crippen LogP contribution is 2.26. The van der Waals surface area contributed by atoms with Crippen molar-refractivity contribution in [2.45, 2.75) is 31.5 Å². The highest BCUT2D eigenvalue weighted by Gasteiger charge is 2.24. The fourth-order valence-electron chi connectivity index (χ4n) is 2.05. The zero-order chi connectivity index (χ0) is 16.1. The number of aromatic nitrogens is 3. The predicted octanol–water partition coefficient (Wildman–Crippen LogP) is 3.22. The van der Waals surface area contributed by atoms with Crippen LogP contribution in [0.1, 0.15) is 26.3 Å². The van der Waals surface area contributed by atoms with Crippen LogP contribution < -0.4 is 11.1 Å². The van der Waals surface area contributed by atoms with E-state index in [1.807, 2.05) is 13.8 Å². The van der Waals surface area contributed by atoms with E-state index < -0.39 is 6.04 Å². The molecule has 6 nitrogen and oxygen atoms in total. The topological polar surface area (TPSA) is 85.8 Å². The number of amides is 1. The lowest BCUT2D eigenvalue weighted by molar-refractivity contribution is -0.119. The lowest BCUT2D eigenvalue weighted by Gasteiger charge is -2.19. The summed E-state index contributed by atoms with van der Waals surface area (Å²) in [5.74, 6) is 0.913. The summed E-state index contributed by atoms with van der Waals surface area (Å²) in [6.45, 7) is 3.93. The van der Waals surface area contributed by atoms with Crippen LogP contribution in [0.2, 0.25) is 5.02 Å². The molecule has 2 aromatic rings. The van der Waals surface area contributed by atoms with Crippen molar-refractivity contribution >= 4 is 40.9 Å². The second kappa shape index (κ2) is 7.51. The molecule has 3 N–H and O–H groups in total. The summed E-state index contributed by atoms with van der Waals surface area (Å²) in [5, 5.41) is 12.0. The third kappa shape index (κ3) is 3.72. The third-order valence-electron chi connectivity index (χ3n) is 3.08. The van der Waals surface area contributed by atoms with Crippen LogP contribution in [0.25, 0.3) is 0 Å². The minimum Gasteiger partial charge on any atom is -0.368 e. The molecule has 1 atom stereocenters. The molecule has 0 bridgehead atoms. The van der Waals surface area contributed by atoms with Crippen molar-refractivity contribution in [3.63, 3.8) is 0 Å². The van der Waals surface area contributed by atoms with E-state index in [1.165, 1.54) is 11.8 Å². The number of hydrogen-bond acceptors (Lipinski definition) is 5. The smallest absolute Gasteiger partial charge is 0.247 e. The second-order valence-electron chi connectivity index (χ2n) is 4.56. The molecule has 1 aromatic carbocycles. The Labute approximate surface area is 138 Å². The fraction of sp³-hybridized carbons (Fsp3) is 0.357. The molecule has 1 aromatic heterocycles. The van der Waals surface area contributed by atoms with Crippen LogP contribution in [0.15, 0.2) is 29.4 Å². The highest BCUT2D eigenvalue weighted by molar-refractivity contribution is 7.99. The maximum atomic E-state index is 12.6. The molecule has 0 aliphatic heterocycles. The first-order valence-electron chi connectivity index (χ1n) is 6.96. The molecule has 2 rings (SSSR count). The van der Waals surface area contributed by atoms with Crippen molar-refractivity contribution in [3.8, 4) is 0 Å². The van der Waals surface area contributed by atoms with E-state index in [-0.39, 0.29) is 11.9 Å². The standard InChI is InChI=1S/C14H18ClN5OS/c1-3-11(20-13(16)18-19-14(20)22-4-2)12(21)17-10-7-5-9(15)6-8-10/h5-8,11H,3-4H2,1-2H3,(H2,16,18)(H,17,21). The SMILES string of the molecule is CCSc1nnc(N)n1C(CC)C(=O)Nc1ccc(Cl)cc1. The first-order valence-corrected chi connectivity index (χ1v) is 8.32. The van der Waals surface area contributed by atoms with Crippen molar-refractivity contribution in [3.05, 3.63) is 29.3 Å². The zero-order valence-electron chi connectivity index (χ0n) is 12.4. The van der Waals surface area contributed by atoms with E-state index in [0.717, 1.165) is 5.75 Å². The number of thioether (sulfide) groups is 1. The third-order valence-corrected chi connectivity index (χ3v) is 4.15. The number of nitrogens with one attached hydrogen (secondary N) is 1. The first-order chi connectivity index (χ1) is 10.6. The summed E-state index contributed by atoms with van der Waals surface area (Å²) in [4.78, 5) is 12.6. The molecule has 0 radical (unpaired) electrons. The normalized spacial score (nSPS) is 12.1. The maximum absolute atomic E-state index is 12.6. The molecule has 0 spiro atoms. The Morgan fingerprint density at radius 2 is 2.05 bits per heavy atom. The largest absolute Gasteiger partial charge is 0.368 e. The van der Waals surface area contributed by atoms with Crippen LogP contribution in [-0.4, -0.2) is 26.4 Å². The van der Waals surface area contributed by atoms with Crippen molar-refractivity contribution in [2.24, 2.45) is 0 Å². The summed E-state index contributed by atoms with van der Waals surface area (Å²) in [6, 6.07) is 6.50. The van der Waals surface area contributed by atoms with Gasteiger partial charge in [0.15, 0.2) is 5.16 Å². The van der Waals surface area contributed by atoms with E-state index in [4.69, 9.17) is 17.3 Å². The van der Waals surface area contributed by atoms with Crippen molar-refractivity contribution in [1.29, 1.82) is 0 Å². The monoisotopic (exact) mass is 339 g/mol. The van der Waals surface area contributed by atoms with Crippen LogP contribution in [0.5, 0.6) is 0 Å². The van der Waals surface area contributed by atoms with Gasteiger partial charge in [-0.25, -0.2) is 0 Å². The Kier molecular flexibility index (Phi) is 5.68. The number of hydrogen-bond donors (Lipinski definition) is 2. The number of carbonyl (C=O) groups is 1. The predicted molar refractivity (Wildman–Crippen MR) is 90.2 cm³/mol. The van der Waals surface area contributed by atoms with Gasteiger partial charge in [0.2, 0.25) is 11.9 Å². The maximum Gasteiger partial charge on any atom is 0.247 e. The minimum absolute atomic E-state index is 0.158. The van der Waals surface area contributed by atoms with E-state index in [1.54, 1.807) is 28.8 Å². The molecule has 1 amide bonds. The minimum atomic E-state index is -0.459. The molecular weight excluding hydrogens is 322 g/mol. The number of rotatable bonds is 6. The van der Waals surface area contributed by atoms with Gasteiger partial charge >= 0.3 is 0 Å². The van der Waals surface area contributed by atoms with Crippen molar-refractivity contribution in [1.82, 2.24) is 14.8 Å². The summed E-state index contributed by atoms with van der Waals surface area (Å²) < 4.78 is 1.68. The molecule has 0 saturated heterocycles. The Morgan fingerprint density at radius 3 is 2.64 bits per heavy atom. The lowest BCUT2D eigenvalue weighted by atomic mass is 10.2. The lowest BCUT2D eigenvalue weighted by Crippen LogP contribution is -2.27. The molecule has 0 saturated carbocycles. The van der Waals surface area contributed by atoms with Gasteiger partial charge in [0, 0.05) is 10.7 Å². The Bertz CT molecular complexity index is 643. The average molecular weight is 340 g/mol. The summed E-state index contributed by atoms with van der Waals surface area (Å²) >= 11 is 7.35. The summed E-state index contributed by atoms with van der Waals surface area (Å²) in [7, 11) is 0. The fourth-order valence-corrected chi connectivity index (χ4v) is 2.90. The van der Waals surface area contributed by atoms with Gasteiger partial charge < -0.3 is 11.1 Å². The number of carbonyl (C=O) groups excluding carboxylic acids is 1. The molecule has 118 valence electrons. The first kappa shape index (κ1) is 16.6. The van der Waals surface area contributed by atoms with Crippen LogP contribution in [0.3, 0.4) is 0 Å². The summed E-state index contributed by atoms with van der Waals surface area (Å²) in [6.07, 6.45) is 0.582. The van der Waals surface area contributed by atoms with E-state index in [2.05, 4.69) is 15.5 Å². The number of anilines is 2. The Hall–Kier alpha value is -1.73. The van der Waals surface area contributed by atoms with Gasteiger partial charge in [-0.1, -0.05) is 37.2 Å². The molecule has 0 aliphatic rings. The van der Waals surface area contributed by atoms with E-state index in [9.17, 15) is 4.79 Å². The second-order valence-corrected chi connectivity index (χ2v) is 6.23. The van der Waals surface area contributed by atoms with Crippen LogP contribution in [0, 0.1) is 0 Å². The zero-order valence-corrected chi connectivity index (χ0v) is 14.0. The Balaban J connectivity index is 2.22. The molecule has 1 unspecified atom stereocenters. The average Bonchev–Trinajstić information content (AvgIpc) is 2.85. The van der Waals surface area contributed by atoms with Crippen LogP contribution in [0.4, 0.5) is 11.6 Å². The molecule has 8 heteroatoms. The van der Waals surface area contributed by atoms with Gasteiger partial charge in [-0.3, -0.25) is 9.36 Å². The Morgan fingerprint density at radius 1 is 1.36 bits per heavy atom. The van der Waals surface area contributed by atoms with Crippen LogP contribution >= 0.6 is 23.4 Å². The quantitative estimate of drug-likeness (QED) is 0.789. The van der Waals surface area contributed by atoms with Crippen molar-refractivity contribution in [2.75, 3.05) is 16.8 Å². The van der Waals surface area contributed by atoms with Gasteiger partial charge in [0.1, 0.15) is 6.04 Å². The van der Waals surface area contributed by atoms with Gasteiger partial charge in [-0.05, 0) is 36.4 Å². The number of nitrogens with zero attached hydrogens (tertiary/aromatic N) is 3. The number of benzene rings is 1. The van der Waals surface area contributed by atoms with Gasteiger partial charge in [-0.2, -0.15) is 0 Å². The molecule has 0 fully saturated rings. The van der Waals surface area contributed by atoms with Gasteiger partial charge in [0.05, 0.1) is 0 Å². The van der Waals surface area contributed by atoms with Crippen molar-refractivity contribution < 1.29 is 4.79 Å². The number of nitrogens with two attached hydrogens (primary N) is 1. The molecule has 1 heterocycles. The van der Waals surface area contributed by atoms with Gasteiger partial charge in [-0.15, -0.1) is 10.2 Å². The number of halogens is 1. The highest BCUT2D eigenvalue weighted by atomic mass is 35.5. The number of nitrogen functional groups attached to an aromatic ring is 1. The van der Waals surface area contributed by atoms with Gasteiger partial charge in [0.25, 0.3) is 0 Å². The molecule has 22 heavy (non-hydrogen) atoms. The summed E-state index contributed by atoms with van der Waals surface area (Å²) in [5.41, 5.74) is 6.56. The van der Waals surface area contributed by atoms with E-state index in [0.29, 0.717) is 22.3 Å². The molecular formula is C14H18ClN5OS. The van der Waals surface area contributed by atoms with E-state index >= 15 is 0 Å². The van der Waals surface area contributed by atoms with Crippen LogP contribution in [-0.2, 0) is 4.79 Å². The molecule has 0 aliphatic carbocycles.